The number of hydrogen-bond acceptors (Lipinski definition) is 6. The highest BCUT2D eigenvalue weighted by Crippen LogP contribution is 2.42. The van der Waals surface area contributed by atoms with Crippen LogP contribution in [0.15, 0.2) is 56.4 Å². The Morgan fingerprint density at radius 2 is 1.93 bits per heavy atom. The molecule has 1 aromatic heterocycles. The second-order valence-electron chi connectivity index (χ2n) is 6.54. The zero-order chi connectivity index (χ0) is 20.8. The molecule has 0 bridgehead atoms. The minimum atomic E-state index is -0.0930. The Kier molecular flexibility index (Phi) is 4.63. The third-order valence-electron chi connectivity index (χ3n) is 4.67. The van der Waals surface area contributed by atoms with E-state index in [9.17, 15) is 10.2 Å². The summed E-state index contributed by atoms with van der Waals surface area (Å²) in [6.07, 6.45) is 1.53. The predicted molar refractivity (Wildman–Crippen MR) is 120 cm³/mol. The average Bonchev–Trinajstić information content (AvgIpc) is 3.40. The molecule has 0 unspecified atom stereocenters. The number of aromatic nitrogens is 2. The van der Waals surface area contributed by atoms with Crippen LogP contribution < -0.4 is 9.47 Å². The number of nitrogens with one attached hydrogen (secondary N) is 1. The zero-order valence-electron chi connectivity index (χ0n) is 15.2. The molecule has 0 fully saturated rings. The van der Waals surface area contributed by atoms with Gasteiger partial charge in [-0.2, -0.15) is 0 Å². The fourth-order valence-electron chi connectivity index (χ4n) is 3.18. The van der Waals surface area contributed by atoms with E-state index >= 15 is 0 Å². The van der Waals surface area contributed by atoms with Gasteiger partial charge in [-0.25, -0.2) is 4.98 Å². The smallest absolute Gasteiger partial charge is 0.231 e. The minimum Gasteiger partial charge on any atom is -0.506 e. The number of aliphatic imine (C=N–C) groups is 1. The van der Waals surface area contributed by atoms with Crippen molar-refractivity contribution in [2.24, 2.45) is 4.99 Å². The molecule has 1 aliphatic heterocycles. The van der Waals surface area contributed by atoms with Crippen molar-refractivity contribution in [2.45, 2.75) is 0 Å². The Balaban J connectivity index is 1.50. The summed E-state index contributed by atoms with van der Waals surface area (Å²) in [6, 6.07) is 12.8. The summed E-state index contributed by atoms with van der Waals surface area (Å²) >= 11 is 6.41. The maximum Gasteiger partial charge on any atom is 0.231 e. The largest absolute Gasteiger partial charge is 0.506 e. The van der Waals surface area contributed by atoms with E-state index in [0.717, 1.165) is 16.6 Å². The lowest BCUT2D eigenvalue weighted by Gasteiger charge is -2.06. The van der Waals surface area contributed by atoms with Crippen LogP contribution in [0.5, 0.6) is 23.0 Å². The van der Waals surface area contributed by atoms with Crippen LogP contribution in [0.4, 0.5) is 5.69 Å². The van der Waals surface area contributed by atoms with Gasteiger partial charge >= 0.3 is 0 Å². The number of H-pyrrole nitrogens is 1. The Labute approximate surface area is 187 Å². The molecule has 1 aliphatic rings. The van der Waals surface area contributed by atoms with Crippen LogP contribution in [0.2, 0.25) is 0 Å². The molecule has 150 valence electrons. The average molecular weight is 531 g/mol. The number of phenolic OH excluding ortho intramolecular Hbond substituents is 2. The first-order chi connectivity index (χ1) is 14.5. The van der Waals surface area contributed by atoms with Crippen molar-refractivity contribution >= 4 is 54.8 Å². The maximum atomic E-state index is 10.2. The Bertz CT molecular complexity index is 1330. The van der Waals surface area contributed by atoms with Gasteiger partial charge in [0.25, 0.3) is 0 Å². The SMILES string of the molecule is Oc1c(Br)cc(C=Nc2ccc3nc(-c4cccc5c4OCO5)[nH]c3c2)c(O)c1Br. The van der Waals surface area contributed by atoms with Gasteiger partial charge in [0.1, 0.15) is 21.8 Å². The number of halogens is 2. The molecule has 5 rings (SSSR count). The van der Waals surface area contributed by atoms with Crippen molar-refractivity contribution in [3.63, 3.8) is 0 Å². The molecule has 3 aromatic carbocycles. The quantitative estimate of drug-likeness (QED) is 0.297. The van der Waals surface area contributed by atoms with Crippen LogP contribution in [-0.4, -0.2) is 33.2 Å². The number of aromatic hydroxyl groups is 2. The Morgan fingerprint density at radius 3 is 2.80 bits per heavy atom. The van der Waals surface area contributed by atoms with Crippen LogP contribution in [-0.2, 0) is 0 Å². The third kappa shape index (κ3) is 3.20. The van der Waals surface area contributed by atoms with Gasteiger partial charge < -0.3 is 24.7 Å². The molecule has 30 heavy (non-hydrogen) atoms. The molecule has 0 atom stereocenters. The molecular formula is C21H13Br2N3O4. The monoisotopic (exact) mass is 529 g/mol. The number of rotatable bonds is 3. The highest BCUT2D eigenvalue weighted by molar-refractivity contribution is 9.11. The molecule has 0 spiro atoms. The van der Waals surface area contributed by atoms with Gasteiger partial charge in [0.15, 0.2) is 11.5 Å². The van der Waals surface area contributed by atoms with Gasteiger partial charge in [-0.15, -0.1) is 0 Å². The molecule has 9 heteroatoms. The van der Waals surface area contributed by atoms with Crippen LogP contribution in [0, 0.1) is 0 Å². The second kappa shape index (κ2) is 7.33. The van der Waals surface area contributed by atoms with Crippen LogP contribution in [0.25, 0.3) is 22.4 Å². The molecule has 0 saturated carbocycles. The summed E-state index contributed by atoms with van der Waals surface area (Å²) in [5, 5.41) is 20.0. The molecule has 3 N–H and O–H groups in total. The van der Waals surface area contributed by atoms with Crippen molar-refractivity contribution in [3.8, 4) is 34.4 Å². The zero-order valence-corrected chi connectivity index (χ0v) is 18.4. The molecule has 0 radical (unpaired) electrons. The molecule has 2 heterocycles. The standard InChI is InChI=1S/C21H13Br2N3O4/c22-13-6-10(18(27)17(23)19(13)28)8-24-11-4-5-14-15(7-11)26-21(25-14)12-2-1-3-16-20(12)30-9-29-16/h1-8,27-28H,9H2,(H,25,26). The number of aromatic amines is 1. The molecule has 4 aromatic rings. The number of para-hydroxylation sites is 1. The van der Waals surface area contributed by atoms with E-state index in [0.29, 0.717) is 33.0 Å². The molecular weight excluding hydrogens is 518 g/mol. The van der Waals surface area contributed by atoms with Crippen molar-refractivity contribution in [3.05, 3.63) is 57.0 Å². The number of nitrogens with zero attached hydrogens (tertiary/aromatic N) is 2. The van der Waals surface area contributed by atoms with E-state index in [1.807, 2.05) is 36.4 Å². The van der Waals surface area contributed by atoms with E-state index in [1.165, 1.54) is 6.21 Å². The lowest BCUT2D eigenvalue weighted by molar-refractivity contribution is 0.174. The molecule has 0 amide bonds. The number of imidazole rings is 1. The van der Waals surface area contributed by atoms with Gasteiger partial charge in [0, 0.05) is 11.8 Å². The van der Waals surface area contributed by atoms with E-state index < -0.39 is 0 Å². The summed E-state index contributed by atoms with van der Waals surface area (Å²) in [6.45, 7) is 0.196. The first kappa shape index (κ1) is 19.0. The minimum absolute atomic E-state index is 0.0714. The fourth-order valence-corrected chi connectivity index (χ4v) is 4.34. The molecule has 0 saturated heterocycles. The fraction of sp³-hybridized carbons (Fsp3) is 0.0476. The lowest BCUT2D eigenvalue weighted by atomic mass is 10.2. The summed E-state index contributed by atoms with van der Waals surface area (Å²) < 4.78 is 11.7. The maximum absolute atomic E-state index is 10.2. The molecule has 0 aliphatic carbocycles. The normalized spacial score (nSPS) is 12.9. The number of phenols is 2. The van der Waals surface area contributed by atoms with Crippen molar-refractivity contribution in [1.82, 2.24) is 9.97 Å². The highest BCUT2D eigenvalue weighted by atomic mass is 79.9. The summed E-state index contributed by atoms with van der Waals surface area (Å²) in [5.74, 6) is 1.89. The van der Waals surface area contributed by atoms with Crippen molar-refractivity contribution in [2.75, 3.05) is 6.79 Å². The van der Waals surface area contributed by atoms with Crippen LogP contribution in [0.1, 0.15) is 5.56 Å². The summed E-state index contributed by atoms with van der Waals surface area (Å²) in [4.78, 5) is 12.4. The van der Waals surface area contributed by atoms with Crippen molar-refractivity contribution < 1.29 is 19.7 Å². The van der Waals surface area contributed by atoms with E-state index in [4.69, 9.17) is 9.47 Å². The Morgan fingerprint density at radius 1 is 1.07 bits per heavy atom. The highest BCUT2D eigenvalue weighted by Gasteiger charge is 2.20. The first-order valence-electron chi connectivity index (χ1n) is 8.84. The van der Waals surface area contributed by atoms with Gasteiger partial charge in [0.05, 0.1) is 26.8 Å². The van der Waals surface area contributed by atoms with Crippen LogP contribution >= 0.6 is 31.9 Å². The lowest BCUT2D eigenvalue weighted by Crippen LogP contribution is -1.93. The van der Waals surface area contributed by atoms with Gasteiger partial charge in [0.2, 0.25) is 6.79 Å². The first-order valence-corrected chi connectivity index (χ1v) is 10.4. The van der Waals surface area contributed by atoms with Gasteiger partial charge in [-0.1, -0.05) is 6.07 Å². The van der Waals surface area contributed by atoms with Gasteiger partial charge in [-0.3, -0.25) is 4.99 Å². The van der Waals surface area contributed by atoms with Gasteiger partial charge in [-0.05, 0) is 68.3 Å². The third-order valence-corrected chi connectivity index (χ3v) is 6.02. The number of hydrogen-bond donors (Lipinski definition) is 3. The van der Waals surface area contributed by atoms with Crippen LogP contribution in [0.3, 0.4) is 0 Å². The second-order valence-corrected chi connectivity index (χ2v) is 8.19. The van der Waals surface area contributed by atoms with Crippen molar-refractivity contribution in [1.29, 1.82) is 0 Å². The summed E-state index contributed by atoms with van der Waals surface area (Å²) in [5.41, 5.74) is 3.56. The van der Waals surface area contributed by atoms with E-state index in [-0.39, 0.29) is 22.8 Å². The number of benzene rings is 3. The Hall–Kier alpha value is -3.04. The predicted octanol–water partition coefficient (Wildman–Crippen LogP) is 5.65. The topological polar surface area (TPSA) is 100.0 Å². The number of fused-ring (bicyclic) bond motifs is 2. The molecule has 7 nitrogen and oxygen atoms in total. The van der Waals surface area contributed by atoms with E-state index in [2.05, 4.69) is 46.8 Å². The van der Waals surface area contributed by atoms with E-state index in [1.54, 1.807) is 6.07 Å². The summed E-state index contributed by atoms with van der Waals surface area (Å²) in [7, 11) is 0. The number of ether oxygens (including phenoxy) is 2.